The second-order valence-corrected chi connectivity index (χ2v) is 7.06. The number of rotatable bonds is 3. The average molecular weight is 350 g/mol. The summed E-state index contributed by atoms with van der Waals surface area (Å²) >= 11 is 1.42. The Balaban J connectivity index is 1.64. The molecule has 1 saturated heterocycles. The lowest BCUT2D eigenvalue weighted by Crippen LogP contribution is -2.30. The van der Waals surface area contributed by atoms with E-state index in [1.165, 1.54) is 11.3 Å². The number of aryl methyl sites for hydroxylation is 1. The van der Waals surface area contributed by atoms with Crippen molar-refractivity contribution >= 4 is 17.2 Å². The molecule has 126 valence electrons. The van der Waals surface area contributed by atoms with Crippen LogP contribution in [0.3, 0.4) is 0 Å². The van der Waals surface area contributed by atoms with Crippen molar-refractivity contribution in [1.29, 1.82) is 0 Å². The van der Waals surface area contributed by atoms with E-state index in [1.807, 2.05) is 48.2 Å². The molecule has 0 N–H and O–H groups in total. The van der Waals surface area contributed by atoms with Gasteiger partial charge in [0, 0.05) is 18.9 Å². The highest BCUT2D eigenvalue weighted by molar-refractivity contribution is 7.17. The molecule has 6 heteroatoms. The van der Waals surface area contributed by atoms with Crippen LogP contribution < -0.4 is 0 Å². The second kappa shape index (κ2) is 6.72. The Bertz CT molecular complexity index is 879. The van der Waals surface area contributed by atoms with Crippen molar-refractivity contribution in [2.75, 3.05) is 6.54 Å². The van der Waals surface area contributed by atoms with Gasteiger partial charge < -0.3 is 4.90 Å². The summed E-state index contributed by atoms with van der Waals surface area (Å²) in [7, 11) is 0. The fourth-order valence-electron chi connectivity index (χ4n) is 3.21. The summed E-state index contributed by atoms with van der Waals surface area (Å²) in [6.07, 6.45) is 5.48. The molecule has 3 aromatic rings. The highest BCUT2D eigenvalue weighted by atomic mass is 32.1. The van der Waals surface area contributed by atoms with Crippen molar-refractivity contribution in [3.63, 3.8) is 0 Å². The first-order chi connectivity index (χ1) is 12.2. The molecular formula is C19H18N4OS. The number of nitrogens with zero attached hydrogens (tertiary/aromatic N) is 4. The number of thiazole rings is 1. The quantitative estimate of drug-likeness (QED) is 0.719. The van der Waals surface area contributed by atoms with E-state index in [1.54, 1.807) is 12.4 Å². The number of likely N-dealkylation sites (tertiary alicyclic amines) is 1. The normalized spacial score (nSPS) is 17.0. The van der Waals surface area contributed by atoms with Gasteiger partial charge in [0.2, 0.25) is 0 Å². The van der Waals surface area contributed by atoms with Gasteiger partial charge in [0.25, 0.3) is 5.91 Å². The number of pyridine rings is 2. The predicted molar refractivity (Wildman–Crippen MR) is 97.3 cm³/mol. The number of hydrogen-bond acceptors (Lipinski definition) is 5. The first-order valence-corrected chi connectivity index (χ1v) is 9.16. The zero-order valence-electron chi connectivity index (χ0n) is 13.9. The average Bonchev–Trinajstić information content (AvgIpc) is 3.30. The van der Waals surface area contributed by atoms with E-state index in [0.29, 0.717) is 4.88 Å². The van der Waals surface area contributed by atoms with E-state index < -0.39 is 0 Å². The van der Waals surface area contributed by atoms with Crippen LogP contribution in [0.5, 0.6) is 0 Å². The summed E-state index contributed by atoms with van der Waals surface area (Å²) in [6.45, 7) is 2.65. The summed E-state index contributed by atoms with van der Waals surface area (Å²) in [4.78, 5) is 29.1. The van der Waals surface area contributed by atoms with Crippen LogP contribution >= 0.6 is 11.3 Å². The lowest BCUT2D eigenvalue weighted by Gasteiger charge is -2.23. The zero-order valence-corrected chi connectivity index (χ0v) is 14.7. The third kappa shape index (κ3) is 3.05. The summed E-state index contributed by atoms with van der Waals surface area (Å²) in [5.41, 5.74) is 2.53. The molecule has 25 heavy (non-hydrogen) atoms. The van der Waals surface area contributed by atoms with Crippen molar-refractivity contribution in [2.45, 2.75) is 25.8 Å². The van der Waals surface area contributed by atoms with Crippen LogP contribution in [0.15, 0.2) is 48.8 Å². The molecule has 1 aliphatic heterocycles. The zero-order chi connectivity index (χ0) is 17.2. The van der Waals surface area contributed by atoms with E-state index in [0.717, 1.165) is 41.5 Å². The molecule has 0 aromatic carbocycles. The van der Waals surface area contributed by atoms with E-state index >= 15 is 0 Å². The molecule has 0 saturated carbocycles. The molecule has 1 unspecified atom stereocenters. The van der Waals surface area contributed by atoms with Crippen LogP contribution in [0.1, 0.15) is 39.9 Å². The van der Waals surface area contributed by atoms with E-state index in [2.05, 4.69) is 15.0 Å². The van der Waals surface area contributed by atoms with Crippen LogP contribution in [-0.4, -0.2) is 32.3 Å². The molecule has 4 rings (SSSR count). The first kappa shape index (κ1) is 15.9. The fraction of sp³-hybridized carbons (Fsp3) is 0.263. The largest absolute Gasteiger partial charge is 0.329 e. The van der Waals surface area contributed by atoms with Crippen molar-refractivity contribution in [3.05, 3.63) is 65.1 Å². The Hall–Kier alpha value is -2.60. The van der Waals surface area contributed by atoms with Gasteiger partial charge in [0.1, 0.15) is 9.88 Å². The Labute approximate surface area is 150 Å². The highest BCUT2D eigenvalue weighted by Crippen LogP contribution is 2.35. The van der Waals surface area contributed by atoms with Gasteiger partial charge in [0.15, 0.2) is 0 Å². The number of carbonyl (C=O) groups is 1. The van der Waals surface area contributed by atoms with Gasteiger partial charge in [-0.05, 0) is 44.0 Å². The van der Waals surface area contributed by atoms with E-state index in [4.69, 9.17) is 0 Å². The standard InChI is InChI=1S/C19H18N4OS/c1-13-17(25-18(22-13)15-8-3-5-11-21-15)19(24)23-12-6-9-16(23)14-7-2-4-10-20-14/h2-5,7-8,10-11,16H,6,9,12H2,1H3. The third-order valence-electron chi connectivity index (χ3n) is 4.42. The molecule has 1 atom stereocenters. The van der Waals surface area contributed by atoms with Gasteiger partial charge in [-0.25, -0.2) is 4.98 Å². The SMILES string of the molecule is Cc1nc(-c2ccccn2)sc1C(=O)N1CCCC1c1ccccn1. The van der Waals surface area contributed by atoms with Crippen LogP contribution in [0.25, 0.3) is 10.7 Å². The molecule has 1 aliphatic rings. The Morgan fingerprint density at radius 1 is 1.16 bits per heavy atom. The minimum Gasteiger partial charge on any atom is -0.329 e. The van der Waals surface area contributed by atoms with Crippen LogP contribution in [-0.2, 0) is 0 Å². The fourth-order valence-corrected chi connectivity index (χ4v) is 4.21. The molecule has 1 fully saturated rings. The molecule has 0 spiro atoms. The summed E-state index contributed by atoms with van der Waals surface area (Å²) in [6, 6.07) is 11.6. The third-order valence-corrected chi connectivity index (χ3v) is 5.59. The Morgan fingerprint density at radius 3 is 2.68 bits per heavy atom. The Morgan fingerprint density at radius 2 is 1.96 bits per heavy atom. The van der Waals surface area contributed by atoms with E-state index in [-0.39, 0.29) is 11.9 Å². The summed E-state index contributed by atoms with van der Waals surface area (Å²) < 4.78 is 0. The molecule has 0 radical (unpaired) electrons. The minimum atomic E-state index is 0.0466. The predicted octanol–water partition coefficient (Wildman–Crippen LogP) is 3.89. The van der Waals surface area contributed by atoms with Crippen LogP contribution in [0.2, 0.25) is 0 Å². The van der Waals surface area contributed by atoms with Crippen molar-refractivity contribution in [3.8, 4) is 10.7 Å². The summed E-state index contributed by atoms with van der Waals surface area (Å²) in [5, 5.41) is 0.787. The number of amides is 1. The molecule has 4 heterocycles. The van der Waals surface area contributed by atoms with Gasteiger partial charge in [0.05, 0.1) is 23.1 Å². The number of aromatic nitrogens is 3. The van der Waals surface area contributed by atoms with Gasteiger partial charge >= 0.3 is 0 Å². The van der Waals surface area contributed by atoms with Gasteiger partial charge in [-0.15, -0.1) is 11.3 Å². The summed E-state index contributed by atoms with van der Waals surface area (Å²) in [5.74, 6) is 0.0466. The maximum absolute atomic E-state index is 13.1. The molecule has 3 aromatic heterocycles. The van der Waals surface area contributed by atoms with Crippen molar-refractivity contribution in [2.24, 2.45) is 0 Å². The Kier molecular flexibility index (Phi) is 4.28. The molecule has 5 nitrogen and oxygen atoms in total. The number of carbonyl (C=O) groups excluding carboxylic acids is 1. The van der Waals surface area contributed by atoms with Gasteiger partial charge in [-0.2, -0.15) is 0 Å². The molecule has 0 bridgehead atoms. The van der Waals surface area contributed by atoms with E-state index in [9.17, 15) is 4.79 Å². The lowest BCUT2D eigenvalue weighted by atomic mass is 10.1. The molecule has 1 amide bonds. The molecular weight excluding hydrogens is 332 g/mol. The lowest BCUT2D eigenvalue weighted by molar-refractivity contribution is 0.0737. The van der Waals surface area contributed by atoms with Crippen LogP contribution in [0.4, 0.5) is 0 Å². The first-order valence-electron chi connectivity index (χ1n) is 8.35. The van der Waals surface area contributed by atoms with Gasteiger partial charge in [-0.3, -0.25) is 14.8 Å². The maximum Gasteiger partial charge on any atom is 0.266 e. The minimum absolute atomic E-state index is 0.0466. The highest BCUT2D eigenvalue weighted by Gasteiger charge is 2.33. The smallest absolute Gasteiger partial charge is 0.266 e. The monoisotopic (exact) mass is 350 g/mol. The maximum atomic E-state index is 13.1. The molecule has 0 aliphatic carbocycles. The second-order valence-electron chi connectivity index (χ2n) is 6.06. The van der Waals surface area contributed by atoms with Gasteiger partial charge in [-0.1, -0.05) is 12.1 Å². The number of hydrogen-bond donors (Lipinski definition) is 0. The topological polar surface area (TPSA) is 59.0 Å². The van der Waals surface area contributed by atoms with Crippen molar-refractivity contribution in [1.82, 2.24) is 19.9 Å². The van der Waals surface area contributed by atoms with Crippen molar-refractivity contribution < 1.29 is 4.79 Å². The van der Waals surface area contributed by atoms with Crippen LogP contribution in [0, 0.1) is 6.92 Å².